The molecule has 1 heterocycles. The van der Waals surface area contributed by atoms with Crippen LogP contribution in [0.25, 0.3) is 0 Å². The Hall–Kier alpha value is -0.0800. The molecule has 0 radical (unpaired) electrons. The average molecular weight is 199 g/mol. The van der Waals surface area contributed by atoms with Gasteiger partial charge >= 0.3 is 0 Å². The Morgan fingerprint density at radius 3 is 2.21 bits per heavy atom. The zero-order valence-corrected chi connectivity index (χ0v) is 10.5. The van der Waals surface area contributed by atoms with Gasteiger partial charge < -0.3 is 4.74 Å². The Morgan fingerprint density at radius 1 is 1.29 bits per heavy atom. The first-order valence-electron chi connectivity index (χ1n) is 5.67. The zero-order valence-electron chi connectivity index (χ0n) is 10.5. The summed E-state index contributed by atoms with van der Waals surface area (Å²) >= 11 is 0. The highest BCUT2D eigenvalue weighted by Gasteiger charge is 2.33. The fourth-order valence-electron chi connectivity index (χ4n) is 2.06. The van der Waals surface area contributed by atoms with Crippen LogP contribution in [-0.4, -0.2) is 36.2 Å². The normalized spacial score (nSPS) is 35.1. The molecule has 0 bridgehead atoms. The molecule has 0 amide bonds. The van der Waals surface area contributed by atoms with Crippen molar-refractivity contribution in [3.05, 3.63) is 0 Å². The van der Waals surface area contributed by atoms with E-state index in [2.05, 4.69) is 46.6 Å². The minimum atomic E-state index is -0.00406. The molecule has 0 spiro atoms. The van der Waals surface area contributed by atoms with Crippen molar-refractivity contribution >= 4 is 0 Å². The molecule has 1 rings (SSSR count). The third kappa shape index (κ3) is 2.96. The van der Waals surface area contributed by atoms with Crippen molar-refractivity contribution in [2.45, 2.75) is 58.7 Å². The number of rotatable bonds is 2. The van der Waals surface area contributed by atoms with Crippen LogP contribution < -0.4 is 0 Å². The number of hydrogen-bond donors (Lipinski definition) is 0. The molecule has 0 aromatic heterocycles. The van der Waals surface area contributed by atoms with Crippen molar-refractivity contribution in [1.82, 2.24) is 4.90 Å². The van der Waals surface area contributed by atoms with Gasteiger partial charge in [0.1, 0.15) is 0 Å². The molecule has 0 aromatic carbocycles. The summed E-state index contributed by atoms with van der Waals surface area (Å²) in [6.07, 6.45) is 1.27. The molecule has 14 heavy (non-hydrogen) atoms. The van der Waals surface area contributed by atoms with Crippen molar-refractivity contribution in [3.8, 4) is 0 Å². The monoisotopic (exact) mass is 199 g/mol. The van der Waals surface area contributed by atoms with Gasteiger partial charge in [-0.05, 0) is 47.1 Å². The quantitative estimate of drug-likeness (QED) is 0.677. The second-order valence-electron chi connectivity index (χ2n) is 5.70. The highest BCUT2D eigenvalue weighted by atomic mass is 16.5. The highest BCUT2D eigenvalue weighted by molar-refractivity contribution is 4.87. The van der Waals surface area contributed by atoms with Gasteiger partial charge in [-0.15, -0.1) is 0 Å². The van der Waals surface area contributed by atoms with Crippen LogP contribution in [0.5, 0.6) is 0 Å². The molecule has 3 unspecified atom stereocenters. The van der Waals surface area contributed by atoms with E-state index >= 15 is 0 Å². The van der Waals surface area contributed by atoms with Crippen molar-refractivity contribution in [3.63, 3.8) is 0 Å². The molecule has 1 aliphatic rings. The largest absolute Gasteiger partial charge is 0.374 e. The van der Waals surface area contributed by atoms with Gasteiger partial charge in [0.2, 0.25) is 0 Å². The smallest absolute Gasteiger partial charge is 0.0629 e. The number of likely N-dealkylation sites (tertiary alicyclic amines) is 1. The summed E-state index contributed by atoms with van der Waals surface area (Å²) in [5, 5.41) is 0. The standard InChI is InChI=1S/C12H25NO/c1-9-7-11(13(6)10(9)2)8-14-12(3,4)5/h9-11H,7-8H2,1-6H3. The summed E-state index contributed by atoms with van der Waals surface area (Å²) in [6.45, 7) is 11.9. The summed E-state index contributed by atoms with van der Waals surface area (Å²) in [5.41, 5.74) is -0.00406. The minimum absolute atomic E-state index is 0.00406. The number of likely N-dealkylation sites (N-methyl/N-ethyl adjacent to an activating group) is 1. The van der Waals surface area contributed by atoms with E-state index < -0.39 is 0 Å². The lowest BCUT2D eigenvalue weighted by molar-refractivity contribution is -0.0276. The van der Waals surface area contributed by atoms with Crippen molar-refractivity contribution < 1.29 is 4.74 Å². The zero-order chi connectivity index (χ0) is 10.9. The van der Waals surface area contributed by atoms with Crippen LogP contribution in [0.2, 0.25) is 0 Å². The van der Waals surface area contributed by atoms with Crippen LogP contribution >= 0.6 is 0 Å². The molecule has 1 saturated heterocycles. The Morgan fingerprint density at radius 2 is 1.86 bits per heavy atom. The molecule has 0 aliphatic carbocycles. The van der Waals surface area contributed by atoms with E-state index in [9.17, 15) is 0 Å². The van der Waals surface area contributed by atoms with Crippen LogP contribution in [0, 0.1) is 5.92 Å². The third-order valence-electron chi connectivity index (χ3n) is 3.39. The van der Waals surface area contributed by atoms with Crippen molar-refractivity contribution in [2.24, 2.45) is 5.92 Å². The molecule has 2 nitrogen and oxygen atoms in total. The Bertz CT molecular complexity index is 185. The summed E-state index contributed by atoms with van der Waals surface area (Å²) in [5.74, 6) is 0.800. The lowest BCUT2D eigenvalue weighted by Crippen LogP contribution is -2.36. The van der Waals surface area contributed by atoms with Gasteiger partial charge in [-0.2, -0.15) is 0 Å². The van der Waals surface area contributed by atoms with E-state index in [4.69, 9.17) is 4.74 Å². The molecule has 0 aromatic rings. The minimum Gasteiger partial charge on any atom is -0.374 e. The van der Waals surface area contributed by atoms with E-state index in [0.717, 1.165) is 12.5 Å². The molecular formula is C12H25NO. The molecule has 1 fully saturated rings. The van der Waals surface area contributed by atoms with Gasteiger partial charge in [-0.25, -0.2) is 0 Å². The van der Waals surface area contributed by atoms with Crippen LogP contribution in [-0.2, 0) is 4.74 Å². The van der Waals surface area contributed by atoms with E-state index in [1.165, 1.54) is 6.42 Å². The molecule has 1 aliphatic heterocycles. The molecule has 2 heteroatoms. The topological polar surface area (TPSA) is 12.5 Å². The molecule has 0 saturated carbocycles. The highest BCUT2D eigenvalue weighted by Crippen LogP contribution is 2.28. The van der Waals surface area contributed by atoms with Gasteiger partial charge in [0, 0.05) is 12.1 Å². The maximum atomic E-state index is 5.84. The summed E-state index contributed by atoms with van der Waals surface area (Å²) in [7, 11) is 2.21. The van der Waals surface area contributed by atoms with Crippen LogP contribution in [0.3, 0.4) is 0 Å². The second kappa shape index (κ2) is 4.19. The molecule has 84 valence electrons. The average Bonchev–Trinajstić information content (AvgIpc) is 2.28. The maximum Gasteiger partial charge on any atom is 0.0629 e. The Labute approximate surface area is 88.6 Å². The number of hydrogen-bond acceptors (Lipinski definition) is 2. The first kappa shape index (κ1) is 12.0. The Kier molecular flexibility index (Phi) is 3.59. The first-order chi connectivity index (χ1) is 6.31. The van der Waals surface area contributed by atoms with Crippen LogP contribution in [0.15, 0.2) is 0 Å². The summed E-state index contributed by atoms with van der Waals surface area (Å²) < 4.78 is 5.84. The van der Waals surface area contributed by atoms with Crippen LogP contribution in [0.4, 0.5) is 0 Å². The van der Waals surface area contributed by atoms with E-state index in [1.807, 2.05) is 0 Å². The van der Waals surface area contributed by atoms with Gasteiger partial charge in [0.15, 0.2) is 0 Å². The van der Waals surface area contributed by atoms with E-state index in [-0.39, 0.29) is 5.60 Å². The third-order valence-corrected chi connectivity index (χ3v) is 3.39. The van der Waals surface area contributed by atoms with Gasteiger partial charge in [0.05, 0.1) is 12.2 Å². The van der Waals surface area contributed by atoms with Crippen molar-refractivity contribution in [2.75, 3.05) is 13.7 Å². The molecular weight excluding hydrogens is 174 g/mol. The number of nitrogens with zero attached hydrogens (tertiary/aromatic N) is 1. The predicted octanol–water partition coefficient (Wildman–Crippen LogP) is 2.53. The lowest BCUT2D eigenvalue weighted by atomic mass is 10.0. The number of ether oxygens (including phenoxy) is 1. The fourth-order valence-corrected chi connectivity index (χ4v) is 2.06. The van der Waals surface area contributed by atoms with E-state index in [0.29, 0.717) is 12.1 Å². The van der Waals surface area contributed by atoms with E-state index in [1.54, 1.807) is 0 Å². The SMILES string of the molecule is CC1CC(COC(C)(C)C)N(C)C1C. The lowest BCUT2D eigenvalue weighted by Gasteiger charge is -2.27. The summed E-state index contributed by atoms with van der Waals surface area (Å²) in [4.78, 5) is 2.45. The Balaban J connectivity index is 2.40. The fraction of sp³-hybridized carbons (Fsp3) is 1.00. The van der Waals surface area contributed by atoms with Crippen LogP contribution in [0.1, 0.15) is 41.0 Å². The predicted molar refractivity (Wildman–Crippen MR) is 60.5 cm³/mol. The first-order valence-corrected chi connectivity index (χ1v) is 5.67. The molecule has 3 atom stereocenters. The van der Waals surface area contributed by atoms with Gasteiger partial charge in [0.25, 0.3) is 0 Å². The van der Waals surface area contributed by atoms with Gasteiger partial charge in [-0.1, -0.05) is 6.92 Å². The van der Waals surface area contributed by atoms with Gasteiger partial charge in [-0.3, -0.25) is 4.90 Å². The maximum absolute atomic E-state index is 5.84. The second-order valence-corrected chi connectivity index (χ2v) is 5.70. The van der Waals surface area contributed by atoms with Crippen molar-refractivity contribution in [1.29, 1.82) is 0 Å². The molecule has 0 N–H and O–H groups in total. The summed E-state index contributed by atoms with van der Waals surface area (Å²) in [6, 6.07) is 1.31.